The van der Waals surface area contributed by atoms with E-state index in [1.807, 2.05) is 40.6 Å². The Morgan fingerprint density at radius 3 is 2.95 bits per heavy atom. The SMILES string of the molecule is NC1Cc2ccccc2N(C(=O)c2csc(I)c2)C1. The van der Waals surface area contributed by atoms with Gasteiger partial charge in [0.15, 0.2) is 0 Å². The lowest BCUT2D eigenvalue weighted by atomic mass is 9.98. The van der Waals surface area contributed by atoms with Gasteiger partial charge in [0, 0.05) is 23.7 Å². The minimum absolute atomic E-state index is 0.0107. The fourth-order valence-corrected chi connectivity index (χ4v) is 3.72. The second kappa shape index (κ2) is 5.22. The Labute approximate surface area is 129 Å². The molecule has 1 aromatic heterocycles. The highest BCUT2D eigenvalue weighted by Gasteiger charge is 2.27. The molecule has 3 nitrogen and oxygen atoms in total. The zero-order valence-corrected chi connectivity index (χ0v) is 13.1. The Kier molecular flexibility index (Phi) is 3.60. The molecule has 98 valence electrons. The number of carbonyl (C=O) groups is 1. The van der Waals surface area contributed by atoms with Gasteiger partial charge >= 0.3 is 0 Å². The Morgan fingerprint density at radius 1 is 1.42 bits per heavy atom. The van der Waals surface area contributed by atoms with Gasteiger partial charge in [0.1, 0.15) is 0 Å². The molecule has 1 amide bonds. The number of para-hydroxylation sites is 1. The number of anilines is 1. The van der Waals surface area contributed by atoms with Gasteiger partial charge in [-0.25, -0.2) is 0 Å². The highest BCUT2D eigenvalue weighted by molar-refractivity contribution is 14.1. The molecule has 0 radical (unpaired) electrons. The minimum atomic E-state index is 0.0107. The maximum absolute atomic E-state index is 12.6. The van der Waals surface area contributed by atoms with E-state index in [9.17, 15) is 4.79 Å². The lowest BCUT2D eigenvalue weighted by Gasteiger charge is -2.32. The van der Waals surface area contributed by atoms with Crippen LogP contribution in [0.15, 0.2) is 35.7 Å². The molecule has 1 aliphatic heterocycles. The monoisotopic (exact) mass is 384 g/mol. The molecular formula is C14H13IN2OS. The van der Waals surface area contributed by atoms with E-state index >= 15 is 0 Å². The van der Waals surface area contributed by atoms with E-state index in [2.05, 4.69) is 22.6 Å². The van der Waals surface area contributed by atoms with Crippen molar-refractivity contribution in [2.45, 2.75) is 12.5 Å². The number of hydrogen-bond acceptors (Lipinski definition) is 3. The molecule has 0 bridgehead atoms. The topological polar surface area (TPSA) is 46.3 Å². The van der Waals surface area contributed by atoms with E-state index in [0.29, 0.717) is 6.54 Å². The van der Waals surface area contributed by atoms with Gasteiger partial charge in [0.25, 0.3) is 5.91 Å². The van der Waals surface area contributed by atoms with Crippen molar-refractivity contribution in [3.8, 4) is 0 Å². The van der Waals surface area contributed by atoms with Gasteiger partial charge in [0.05, 0.1) is 8.45 Å². The fraction of sp³-hybridized carbons (Fsp3) is 0.214. The molecular weight excluding hydrogens is 371 g/mol. The summed E-state index contributed by atoms with van der Waals surface area (Å²) in [6, 6.07) is 9.94. The number of rotatable bonds is 1. The summed E-state index contributed by atoms with van der Waals surface area (Å²) in [6.07, 6.45) is 0.834. The molecule has 1 aliphatic rings. The summed E-state index contributed by atoms with van der Waals surface area (Å²) in [5.74, 6) is 0.0433. The average Bonchev–Trinajstić information content (AvgIpc) is 2.83. The van der Waals surface area contributed by atoms with Crippen LogP contribution in [-0.2, 0) is 6.42 Å². The van der Waals surface area contributed by atoms with Crippen LogP contribution >= 0.6 is 33.9 Å². The number of nitrogens with two attached hydrogens (primary N) is 1. The quantitative estimate of drug-likeness (QED) is 0.769. The largest absolute Gasteiger partial charge is 0.326 e. The van der Waals surface area contributed by atoms with Crippen molar-refractivity contribution in [2.24, 2.45) is 5.73 Å². The molecule has 2 heterocycles. The van der Waals surface area contributed by atoms with Crippen molar-refractivity contribution >= 4 is 45.5 Å². The summed E-state index contributed by atoms with van der Waals surface area (Å²) < 4.78 is 1.12. The number of hydrogen-bond donors (Lipinski definition) is 1. The summed E-state index contributed by atoms with van der Waals surface area (Å²) in [5.41, 5.74) is 8.96. The van der Waals surface area contributed by atoms with Crippen molar-refractivity contribution in [3.05, 3.63) is 49.7 Å². The van der Waals surface area contributed by atoms with Crippen LogP contribution in [0.4, 0.5) is 5.69 Å². The summed E-state index contributed by atoms with van der Waals surface area (Å²) in [6.45, 7) is 0.586. The third-order valence-corrected chi connectivity index (χ3v) is 5.03. The summed E-state index contributed by atoms with van der Waals surface area (Å²) in [5, 5.41) is 1.91. The highest BCUT2D eigenvalue weighted by Crippen LogP contribution is 2.28. The van der Waals surface area contributed by atoms with Gasteiger partial charge in [0.2, 0.25) is 0 Å². The smallest absolute Gasteiger partial charge is 0.259 e. The maximum atomic E-state index is 12.6. The van der Waals surface area contributed by atoms with E-state index in [-0.39, 0.29) is 11.9 Å². The first kappa shape index (κ1) is 13.1. The van der Waals surface area contributed by atoms with Gasteiger partial charge in [-0.2, -0.15) is 0 Å². The van der Waals surface area contributed by atoms with E-state index in [1.54, 1.807) is 11.3 Å². The molecule has 2 aromatic rings. The first-order chi connectivity index (χ1) is 9.15. The number of benzene rings is 1. The van der Waals surface area contributed by atoms with E-state index < -0.39 is 0 Å². The molecule has 0 saturated carbocycles. The molecule has 5 heteroatoms. The van der Waals surface area contributed by atoms with Gasteiger partial charge in [-0.1, -0.05) is 18.2 Å². The first-order valence-corrected chi connectivity index (χ1v) is 8.00. The number of nitrogens with zero attached hydrogens (tertiary/aromatic N) is 1. The third kappa shape index (κ3) is 2.54. The Morgan fingerprint density at radius 2 is 2.21 bits per heavy atom. The summed E-state index contributed by atoms with van der Waals surface area (Å²) in [7, 11) is 0. The Balaban J connectivity index is 1.99. The highest BCUT2D eigenvalue weighted by atomic mass is 127. The number of carbonyl (C=O) groups excluding carboxylic acids is 1. The Bertz CT molecular complexity index is 625. The summed E-state index contributed by atoms with van der Waals surface area (Å²) >= 11 is 3.82. The van der Waals surface area contributed by atoms with Gasteiger partial charge in [-0.3, -0.25) is 4.79 Å². The van der Waals surface area contributed by atoms with Gasteiger partial charge in [-0.05, 0) is 46.7 Å². The van der Waals surface area contributed by atoms with E-state index in [0.717, 1.165) is 26.1 Å². The van der Waals surface area contributed by atoms with Crippen LogP contribution in [0.25, 0.3) is 0 Å². The Hall–Kier alpha value is -0.920. The lowest BCUT2D eigenvalue weighted by Crippen LogP contribution is -2.46. The molecule has 0 fully saturated rings. The molecule has 1 unspecified atom stereocenters. The van der Waals surface area contributed by atoms with Crippen molar-refractivity contribution < 1.29 is 4.79 Å². The molecule has 0 spiro atoms. The fourth-order valence-electron chi connectivity index (χ4n) is 2.40. The number of fused-ring (bicyclic) bond motifs is 1. The maximum Gasteiger partial charge on any atom is 0.259 e. The lowest BCUT2D eigenvalue weighted by molar-refractivity contribution is 0.0984. The summed E-state index contributed by atoms with van der Waals surface area (Å²) in [4.78, 5) is 14.4. The molecule has 0 saturated heterocycles. The predicted molar refractivity (Wildman–Crippen MR) is 86.8 cm³/mol. The van der Waals surface area contributed by atoms with Crippen LogP contribution in [0.5, 0.6) is 0 Å². The van der Waals surface area contributed by atoms with Gasteiger partial charge in [-0.15, -0.1) is 11.3 Å². The number of thiophene rings is 1. The van der Waals surface area contributed by atoms with Crippen molar-refractivity contribution in [3.63, 3.8) is 0 Å². The predicted octanol–water partition coefficient (Wildman–Crippen LogP) is 2.88. The normalized spacial score (nSPS) is 18.2. The van der Waals surface area contributed by atoms with Crippen LogP contribution in [0, 0.1) is 2.88 Å². The second-order valence-electron chi connectivity index (χ2n) is 4.65. The third-order valence-electron chi connectivity index (χ3n) is 3.24. The van der Waals surface area contributed by atoms with Crippen LogP contribution in [0.3, 0.4) is 0 Å². The molecule has 19 heavy (non-hydrogen) atoms. The molecule has 3 rings (SSSR count). The molecule has 2 N–H and O–H groups in total. The van der Waals surface area contributed by atoms with Crippen LogP contribution < -0.4 is 10.6 Å². The van der Waals surface area contributed by atoms with Crippen LogP contribution in [-0.4, -0.2) is 18.5 Å². The van der Waals surface area contributed by atoms with E-state index in [1.165, 1.54) is 0 Å². The van der Waals surface area contributed by atoms with Crippen molar-refractivity contribution in [2.75, 3.05) is 11.4 Å². The number of amides is 1. The number of halogens is 1. The second-order valence-corrected chi connectivity index (χ2v) is 7.45. The molecule has 0 aliphatic carbocycles. The van der Waals surface area contributed by atoms with Gasteiger partial charge < -0.3 is 10.6 Å². The molecule has 1 aromatic carbocycles. The van der Waals surface area contributed by atoms with Crippen molar-refractivity contribution in [1.82, 2.24) is 0 Å². The average molecular weight is 384 g/mol. The standard InChI is InChI=1S/C14H13IN2OS/c15-13-6-10(8-19-13)14(18)17-7-11(16)5-9-3-1-2-4-12(9)17/h1-4,6,8,11H,5,7,16H2. The zero-order chi connectivity index (χ0) is 13.4. The van der Waals surface area contributed by atoms with E-state index in [4.69, 9.17) is 5.73 Å². The van der Waals surface area contributed by atoms with Crippen LogP contribution in [0.1, 0.15) is 15.9 Å². The van der Waals surface area contributed by atoms with Crippen molar-refractivity contribution in [1.29, 1.82) is 0 Å². The van der Waals surface area contributed by atoms with Crippen LogP contribution in [0.2, 0.25) is 0 Å². The zero-order valence-electron chi connectivity index (χ0n) is 10.2. The minimum Gasteiger partial charge on any atom is -0.326 e. The first-order valence-electron chi connectivity index (χ1n) is 6.04. The molecule has 1 atom stereocenters.